The van der Waals surface area contributed by atoms with Crippen LogP contribution in [0.1, 0.15) is 0 Å². The molecule has 0 aliphatic heterocycles. The van der Waals surface area contributed by atoms with Crippen molar-refractivity contribution < 1.29 is 0 Å². The highest BCUT2D eigenvalue weighted by molar-refractivity contribution is 6.28. The van der Waals surface area contributed by atoms with Crippen LogP contribution in [0.3, 0.4) is 0 Å². The summed E-state index contributed by atoms with van der Waals surface area (Å²) >= 11 is 0. The molecule has 246 valence electrons. The van der Waals surface area contributed by atoms with Crippen molar-refractivity contribution in [3.05, 3.63) is 200 Å². The van der Waals surface area contributed by atoms with Crippen molar-refractivity contribution in [1.82, 2.24) is 4.57 Å². The second-order valence-electron chi connectivity index (χ2n) is 14.0. The molecule has 1 nitrogen and oxygen atoms in total. The maximum Gasteiger partial charge on any atom is 0.0541 e. The Labute approximate surface area is 307 Å². The fourth-order valence-electron chi connectivity index (χ4n) is 8.84. The van der Waals surface area contributed by atoms with Crippen LogP contribution in [0, 0.1) is 0 Å². The zero-order chi connectivity index (χ0) is 34.9. The van der Waals surface area contributed by atoms with Gasteiger partial charge in [-0.05, 0) is 107 Å². The number of benzene rings is 10. The molecule has 1 aromatic heterocycles. The number of nitrogens with zero attached hydrogens (tertiary/aromatic N) is 1. The lowest BCUT2D eigenvalue weighted by atomic mass is 9.83. The third-order valence-electron chi connectivity index (χ3n) is 11.2. The predicted molar refractivity (Wildman–Crippen MR) is 227 cm³/mol. The standard InChI is InChI=1S/C52H33N/c1-2-16-39(17-3-1)53-48-24-11-10-20-43(48)47-33-38(30-32-49(47)53)50-44-21-8-9-22-45(44)51(52-42-19-7-5-14-35(42)29-31-46(50)52)37-27-25-36(26-28-37)41-23-12-15-34-13-4-6-18-40(34)41/h1-33H. The first-order valence-corrected chi connectivity index (χ1v) is 18.4. The van der Waals surface area contributed by atoms with E-state index in [0.717, 1.165) is 0 Å². The highest BCUT2D eigenvalue weighted by Crippen LogP contribution is 2.47. The van der Waals surface area contributed by atoms with Crippen LogP contribution < -0.4 is 0 Å². The first-order chi connectivity index (χ1) is 26.3. The van der Waals surface area contributed by atoms with Crippen molar-refractivity contribution in [2.45, 2.75) is 0 Å². The van der Waals surface area contributed by atoms with Crippen LogP contribution in [-0.2, 0) is 0 Å². The fourth-order valence-corrected chi connectivity index (χ4v) is 8.84. The first kappa shape index (κ1) is 29.7. The summed E-state index contributed by atoms with van der Waals surface area (Å²) < 4.78 is 2.39. The van der Waals surface area contributed by atoms with E-state index in [0.29, 0.717) is 0 Å². The summed E-state index contributed by atoms with van der Waals surface area (Å²) in [6, 6.07) is 73.5. The van der Waals surface area contributed by atoms with Crippen LogP contribution in [0.15, 0.2) is 200 Å². The zero-order valence-electron chi connectivity index (χ0n) is 29.0. The van der Waals surface area contributed by atoms with E-state index in [-0.39, 0.29) is 0 Å². The van der Waals surface area contributed by atoms with Crippen LogP contribution >= 0.6 is 0 Å². The summed E-state index contributed by atoms with van der Waals surface area (Å²) in [5.74, 6) is 0. The van der Waals surface area contributed by atoms with E-state index < -0.39 is 0 Å². The Balaban J connectivity index is 1.19. The van der Waals surface area contributed by atoms with E-state index in [1.54, 1.807) is 0 Å². The van der Waals surface area contributed by atoms with Crippen molar-refractivity contribution in [2.75, 3.05) is 0 Å². The summed E-state index contributed by atoms with van der Waals surface area (Å²) in [5, 5.41) is 12.6. The summed E-state index contributed by atoms with van der Waals surface area (Å²) in [6.45, 7) is 0. The highest BCUT2D eigenvalue weighted by Gasteiger charge is 2.20. The lowest BCUT2D eigenvalue weighted by Gasteiger charge is -2.20. The van der Waals surface area contributed by atoms with E-state index >= 15 is 0 Å². The van der Waals surface area contributed by atoms with Crippen molar-refractivity contribution in [2.24, 2.45) is 0 Å². The number of hydrogen-bond acceptors (Lipinski definition) is 0. The van der Waals surface area contributed by atoms with Crippen LogP contribution in [0.25, 0.3) is 104 Å². The zero-order valence-corrected chi connectivity index (χ0v) is 29.0. The number of rotatable bonds is 4. The second kappa shape index (κ2) is 11.8. The van der Waals surface area contributed by atoms with Crippen LogP contribution in [0.5, 0.6) is 0 Å². The molecule has 1 heterocycles. The Hall–Kier alpha value is -6.96. The lowest BCUT2D eigenvalue weighted by molar-refractivity contribution is 1.18. The Kier molecular flexibility index (Phi) is 6.62. The van der Waals surface area contributed by atoms with Gasteiger partial charge in [-0.25, -0.2) is 0 Å². The topological polar surface area (TPSA) is 4.93 Å². The Morgan fingerprint density at radius 2 is 0.849 bits per heavy atom. The van der Waals surface area contributed by atoms with Gasteiger partial charge < -0.3 is 4.57 Å². The molecule has 0 N–H and O–H groups in total. The molecular formula is C52H33N. The molecule has 53 heavy (non-hydrogen) atoms. The summed E-state index contributed by atoms with van der Waals surface area (Å²) in [6.07, 6.45) is 0. The van der Waals surface area contributed by atoms with Gasteiger partial charge in [-0.15, -0.1) is 0 Å². The minimum Gasteiger partial charge on any atom is -0.309 e. The van der Waals surface area contributed by atoms with E-state index in [1.807, 2.05) is 0 Å². The molecule has 0 radical (unpaired) electrons. The van der Waals surface area contributed by atoms with E-state index in [9.17, 15) is 0 Å². The van der Waals surface area contributed by atoms with Gasteiger partial charge in [-0.2, -0.15) is 0 Å². The van der Waals surface area contributed by atoms with E-state index in [1.165, 1.54) is 104 Å². The Morgan fingerprint density at radius 1 is 0.283 bits per heavy atom. The molecular weight excluding hydrogens is 639 g/mol. The van der Waals surface area contributed by atoms with Crippen molar-refractivity contribution in [3.63, 3.8) is 0 Å². The normalized spacial score (nSPS) is 11.8. The van der Waals surface area contributed by atoms with Gasteiger partial charge in [0.1, 0.15) is 0 Å². The van der Waals surface area contributed by atoms with Gasteiger partial charge in [-0.3, -0.25) is 0 Å². The summed E-state index contributed by atoms with van der Waals surface area (Å²) in [4.78, 5) is 0. The number of para-hydroxylation sites is 2. The molecule has 0 fully saturated rings. The molecule has 0 saturated heterocycles. The Bertz CT molecular complexity index is 3200. The minimum atomic E-state index is 1.17. The molecule has 0 aliphatic rings. The smallest absolute Gasteiger partial charge is 0.0541 e. The molecule has 10 aromatic carbocycles. The molecule has 0 atom stereocenters. The quantitative estimate of drug-likeness (QED) is 0.130. The molecule has 0 bridgehead atoms. The van der Waals surface area contributed by atoms with E-state index in [4.69, 9.17) is 0 Å². The molecule has 1 heteroatoms. The molecule has 0 spiro atoms. The maximum absolute atomic E-state index is 2.42. The van der Waals surface area contributed by atoms with E-state index in [2.05, 4.69) is 205 Å². The second-order valence-corrected chi connectivity index (χ2v) is 14.0. The molecule has 11 aromatic rings. The highest BCUT2D eigenvalue weighted by atomic mass is 15.0. The molecule has 0 unspecified atom stereocenters. The average molecular weight is 672 g/mol. The number of fused-ring (bicyclic) bond motifs is 8. The van der Waals surface area contributed by atoms with Gasteiger partial charge in [0.05, 0.1) is 11.0 Å². The van der Waals surface area contributed by atoms with Gasteiger partial charge in [0.25, 0.3) is 0 Å². The van der Waals surface area contributed by atoms with Gasteiger partial charge in [0.15, 0.2) is 0 Å². The van der Waals surface area contributed by atoms with Crippen LogP contribution in [-0.4, -0.2) is 4.57 Å². The fraction of sp³-hybridized carbons (Fsp3) is 0. The lowest BCUT2D eigenvalue weighted by Crippen LogP contribution is -1.94. The minimum absolute atomic E-state index is 1.17. The third-order valence-corrected chi connectivity index (χ3v) is 11.2. The summed E-state index contributed by atoms with van der Waals surface area (Å²) in [7, 11) is 0. The number of hydrogen-bond donors (Lipinski definition) is 0. The molecule has 0 saturated carbocycles. The third kappa shape index (κ3) is 4.58. The Morgan fingerprint density at radius 3 is 1.64 bits per heavy atom. The molecule has 11 rings (SSSR count). The van der Waals surface area contributed by atoms with Gasteiger partial charge in [0.2, 0.25) is 0 Å². The van der Waals surface area contributed by atoms with Crippen molar-refractivity contribution >= 4 is 64.9 Å². The summed E-state index contributed by atoms with van der Waals surface area (Å²) in [5.41, 5.74) is 11.1. The van der Waals surface area contributed by atoms with Crippen molar-refractivity contribution in [1.29, 1.82) is 0 Å². The largest absolute Gasteiger partial charge is 0.309 e. The number of aromatic nitrogens is 1. The van der Waals surface area contributed by atoms with Gasteiger partial charge in [0, 0.05) is 16.5 Å². The predicted octanol–water partition coefficient (Wildman–Crippen LogP) is 14.4. The monoisotopic (exact) mass is 671 g/mol. The van der Waals surface area contributed by atoms with Crippen LogP contribution in [0.4, 0.5) is 0 Å². The van der Waals surface area contributed by atoms with Crippen LogP contribution in [0.2, 0.25) is 0 Å². The average Bonchev–Trinajstić information content (AvgIpc) is 3.56. The first-order valence-electron chi connectivity index (χ1n) is 18.4. The molecule has 0 aliphatic carbocycles. The van der Waals surface area contributed by atoms with Gasteiger partial charge >= 0.3 is 0 Å². The van der Waals surface area contributed by atoms with Gasteiger partial charge in [-0.1, -0.05) is 170 Å². The van der Waals surface area contributed by atoms with Crippen molar-refractivity contribution in [3.8, 4) is 39.1 Å². The molecule has 0 amide bonds. The maximum atomic E-state index is 2.42. The SMILES string of the molecule is c1ccc(-n2c3ccccc3c3cc(-c4c5ccccc5c(-c5ccc(-c6cccc7ccccc67)cc5)c5c4ccc4ccccc45)ccc32)cc1.